The van der Waals surface area contributed by atoms with E-state index in [0.717, 1.165) is 5.56 Å². The van der Waals surface area contributed by atoms with Crippen molar-refractivity contribution in [1.82, 2.24) is 0 Å². The number of hydrogen-bond acceptors (Lipinski definition) is 3. The molecule has 0 spiro atoms. The van der Waals surface area contributed by atoms with Crippen LogP contribution in [0.25, 0.3) is 0 Å². The number of hydrogen-bond donors (Lipinski definition) is 1. The van der Waals surface area contributed by atoms with E-state index in [1.54, 1.807) is 18.2 Å². The first kappa shape index (κ1) is 15.9. The molecule has 21 heavy (non-hydrogen) atoms. The van der Waals surface area contributed by atoms with Gasteiger partial charge in [0.1, 0.15) is 12.4 Å². The topological polar surface area (TPSA) is 44.5 Å². The van der Waals surface area contributed by atoms with Crippen molar-refractivity contribution in [1.29, 1.82) is 0 Å². The summed E-state index contributed by atoms with van der Waals surface area (Å²) in [5.41, 5.74) is 6.65. The van der Waals surface area contributed by atoms with Gasteiger partial charge in [0.2, 0.25) is 0 Å². The van der Waals surface area contributed by atoms with Gasteiger partial charge in [-0.05, 0) is 29.8 Å². The van der Waals surface area contributed by atoms with Crippen LogP contribution in [-0.4, -0.2) is 7.11 Å². The summed E-state index contributed by atoms with van der Waals surface area (Å²) in [6, 6.07) is 7.86. The molecule has 2 N–H and O–H groups in total. The average molecular weight is 330 g/mol. The summed E-state index contributed by atoms with van der Waals surface area (Å²) in [5.74, 6) is 0.335. The molecule has 0 unspecified atom stereocenters. The van der Waals surface area contributed by atoms with E-state index in [1.807, 2.05) is 0 Å². The summed E-state index contributed by atoms with van der Waals surface area (Å²) >= 11 is 12.1. The highest BCUT2D eigenvalue weighted by Crippen LogP contribution is 2.37. The third kappa shape index (κ3) is 3.59. The Morgan fingerprint density at radius 3 is 2.57 bits per heavy atom. The van der Waals surface area contributed by atoms with Crippen molar-refractivity contribution in [2.45, 2.75) is 13.2 Å². The van der Waals surface area contributed by atoms with Gasteiger partial charge >= 0.3 is 0 Å². The molecule has 0 saturated heterocycles. The lowest BCUT2D eigenvalue weighted by molar-refractivity contribution is 0.280. The van der Waals surface area contributed by atoms with Crippen molar-refractivity contribution >= 4 is 23.2 Å². The molecule has 0 aliphatic rings. The van der Waals surface area contributed by atoms with Gasteiger partial charge in [-0.3, -0.25) is 0 Å². The fourth-order valence-electron chi connectivity index (χ4n) is 1.85. The standard InChI is InChI=1S/C15H14Cl2FNO2/c1-20-14-6-9(7-19)5-12(17)15(14)21-8-10-11(16)3-2-4-13(10)18/h2-6H,7-8,19H2,1H3. The first-order valence-corrected chi connectivity index (χ1v) is 6.94. The van der Waals surface area contributed by atoms with Crippen molar-refractivity contribution < 1.29 is 13.9 Å². The summed E-state index contributed by atoms with van der Waals surface area (Å²) in [6.07, 6.45) is 0. The van der Waals surface area contributed by atoms with Crippen LogP contribution in [0.4, 0.5) is 4.39 Å². The molecule has 2 rings (SSSR count). The van der Waals surface area contributed by atoms with E-state index in [1.165, 1.54) is 19.2 Å². The molecule has 0 aromatic heterocycles. The molecule has 0 amide bonds. The molecular formula is C15H14Cl2FNO2. The second kappa shape index (κ2) is 6.98. The maximum atomic E-state index is 13.7. The van der Waals surface area contributed by atoms with E-state index in [9.17, 15) is 4.39 Å². The summed E-state index contributed by atoms with van der Waals surface area (Å²) in [5, 5.41) is 0.644. The monoisotopic (exact) mass is 329 g/mol. The lowest BCUT2D eigenvalue weighted by Gasteiger charge is -2.14. The molecule has 0 aliphatic carbocycles. The maximum Gasteiger partial charge on any atom is 0.180 e. The molecule has 0 saturated carbocycles. The number of methoxy groups -OCH3 is 1. The van der Waals surface area contributed by atoms with Crippen LogP contribution in [0, 0.1) is 5.82 Å². The minimum absolute atomic E-state index is 0.0520. The number of benzene rings is 2. The van der Waals surface area contributed by atoms with Crippen LogP contribution in [0.5, 0.6) is 11.5 Å². The number of halogens is 3. The minimum Gasteiger partial charge on any atom is -0.493 e. The molecule has 0 atom stereocenters. The molecule has 6 heteroatoms. The van der Waals surface area contributed by atoms with Crippen molar-refractivity contribution in [2.75, 3.05) is 7.11 Å². The number of ether oxygens (including phenoxy) is 2. The Labute approximate surface area is 132 Å². The Kier molecular flexibility index (Phi) is 5.28. The Morgan fingerprint density at radius 1 is 1.19 bits per heavy atom. The Bertz CT molecular complexity index is 630. The maximum absolute atomic E-state index is 13.7. The van der Waals surface area contributed by atoms with E-state index in [-0.39, 0.29) is 12.2 Å². The largest absolute Gasteiger partial charge is 0.493 e. The molecule has 0 bridgehead atoms. The fourth-order valence-corrected chi connectivity index (χ4v) is 2.35. The number of rotatable bonds is 5. The van der Waals surface area contributed by atoms with Gasteiger partial charge in [-0.25, -0.2) is 4.39 Å². The van der Waals surface area contributed by atoms with Crippen molar-refractivity contribution in [2.24, 2.45) is 5.73 Å². The van der Waals surface area contributed by atoms with Crippen LogP contribution in [0.3, 0.4) is 0 Å². The minimum atomic E-state index is -0.434. The second-order valence-electron chi connectivity index (χ2n) is 4.30. The second-order valence-corrected chi connectivity index (χ2v) is 5.12. The predicted octanol–water partition coefficient (Wildman–Crippen LogP) is 4.18. The van der Waals surface area contributed by atoms with Crippen molar-refractivity contribution in [3.63, 3.8) is 0 Å². The molecule has 2 aromatic rings. The molecule has 0 aliphatic heterocycles. The highest BCUT2D eigenvalue weighted by atomic mass is 35.5. The molecule has 0 radical (unpaired) electrons. The van der Waals surface area contributed by atoms with Crippen LogP contribution in [0.15, 0.2) is 30.3 Å². The van der Waals surface area contributed by atoms with E-state index in [0.29, 0.717) is 28.1 Å². The lowest BCUT2D eigenvalue weighted by atomic mass is 10.2. The molecule has 0 fully saturated rings. The zero-order valence-electron chi connectivity index (χ0n) is 11.3. The van der Waals surface area contributed by atoms with Crippen LogP contribution in [0.1, 0.15) is 11.1 Å². The molecule has 0 heterocycles. The lowest BCUT2D eigenvalue weighted by Crippen LogP contribution is -2.03. The fraction of sp³-hybridized carbons (Fsp3) is 0.200. The summed E-state index contributed by atoms with van der Waals surface area (Å²) < 4.78 is 24.5. The zero-order valence-corrected chi connectivity index (χ0v) is 12.8. The Balaban J connectivity index is 2.28. The van der Waals surface area contributed by atoms with E-state index in [4.69, 9.17) is 38.4 Å². The molecule has 2 aromatic carbocycles. The van der Waals surface area contributed by atoms with E-state index in [2.05, 4.69) is 0 Å². The molecule has 112 valence electrons. The van der Waals surface area contributed by atoms with E-state index >= 15 is 0 Å². The third-order valence-corrected chi connectivity index (χ3v) is 3.58. The van der Waals surface area contributed by atoms with Gasteiger partial charge in [0.25, 0.3) is 0 Å². The van der Waals surface area contributed by atoms with Crippen molar-refractivity contribution in [3.8, 4) is 11.5 Å². The summed E-state index contributed by atoms with van der Waals surface area (Å²) in [4.78, 5) is 0. The zero-order chi connectivity index (χ0) is 15.4. The molecular weight excluding hydrogens is 316 g/mol. The van der Waals surface area contributed by atoms with Crippen LogP contribution in [0.2, 0.25) is 10.0 Å². The highest BCUT2D eigenvalue weighted by molar-refractivity contribution is 6.32. The van der Waals surface area contributed by atoms with Gasteiger partial charge in [0.05, 0.1) is 17.2 Å². The first-order valence-electron chi connectivity index (χ1n) is 6.19. The normalized spacial score (nSPS) is 10.5. The summed E-state index contributed by atoms with van der Waals surface area (Å²) in [7, 11) is 1.49. The quantitative estimate of drug-likeness (QED) is 0.894. The Morgan fingerprint density at radius 2 is 1.95 bits per heavy atom. The average Bonchev–Trinajstić information content (AvgIpc) is 2.47. The van der Waals surface area contributed by atoms with Crippen LogP contribution >= 0.6 is 23.2 Å². The SMILES string of the molecule is COc1cc(CN)cc(Cl)c1OCc1c(F)cccc1Cl. The Hall–Kier alpha value is -1.49. The van der Waals surface area contributed by atoms with Crippen LogP contribution < -0.4 is 15.2 Å². The van der Waals surface area contributed by atoms with Crippen LogP contribution in [-0.2, 0) is 13.2 Å². The molecule has 3 nitrogen and oxygen atoms in total. The predicted molar refractivity (Wildman–Crippen MR) is 81.6 cm³/mol. The van der Waals surface area contributed by atoms with Gasteiger partial charge in [-0.1, -0.05) is 29.3 Å². The first-order chi connectivity index (χ1) is 10.1. The highest BCUT2D eigenvalue weighted by Gasteiger charge is 2.14. The smallest absolute Gasteiger partial charge is 0.180 e. The van der Waals surface area contributed by atoms with Gasteiger partial charge in [-0.2, -0.15) is 0 Å². The third-order valence-electron chi connectivity index (χ3n) is 2.95. The van der Waals surface area contributed by atoms with Gasteiger partial charge in [0.15, 0.2) is 11.5 Å². The van der Waals surface area contributed by atoms with E-state index < -0.39 is 5.82 Å². The van der Waals surface area contributed by atoms with Gasteiger partial charge < -0.3 is 15.2 Å². The van der Waals surface area contributed by atoms with Gasteiger partial charge in [-0.15, -0.1) is 0 Å². The summed E-state index contributed by atoms with van der Waals surface area (Å²) in [6.45, 7) is 0.277. The van der Waals surface area contributed by atoms with Gasteiger partial charge in [0, 0.05) is 12.1 Å². The van der Waals surface area contributed by atoms with Crippen molar-refractivity contribution in [3.05, 3.63) is 57.3 Å². The number of nitrogens with two attached hydrogens (primary N) is 1.